The van der Waals surface area contributed by atoms with Gasteiger partial charge in [0, 0.05) is 6.54 Å². The zero-order chi connectivity index (χ0) is 9.19. The van der Waals surface area contributed by atoms with Gasteiger partial charge in [-0.15, -0.1) is 0 Å². The van der Waals surface area contributed by atoms with E-state index in [-0.39, 0.29) is 0 Å². The zero-order valence-electron chi connectivity index (χ0n) is 7.95. The van der Waals surface area contributed by atoms with Crippen molar-refractivity contribution in [1.29, 1.82) is 0 Å². The minimum absolute atomic E-state index is 0.787. The summed E-state index contributed by atoms with van der Waals surface area (Å²) < 4.78 is 13.6. The number of halogens is 1. The van der Waals surface area contributed by atoms with Crippen molar-refractivity contribution in [1.82, 2.24) is 5.32 Å². The molecule has 0 bridgehead atoms. The van der Waals surface area contributed by atoms with Gasteiger partial charge in [-0.25, -0.2) is 4.39 Å². The van der Waals surface area contributed by atoms with Crippen LogP contribution in [0.3, 0.4) is 0 Å². The maximum absolute atomic E-state index is 13.6. The Hall–Kier alpha value is -0.790. The summed E-state index contributed by atoms with van der Waals surface area (Å²) in [5, 5.41) is 3.08. The molecule has 0 saturated heterocycles. The van der Waals surface area contributed by atoms with E-state index in [1.54, 1.807) is 13.8 Å². The van der Waals surface area contributed by atoms with E-state index in [4.69, 9.17) is 0 Å². The predicted molar refractivity (Wildman–Crippen MR) is 49.6 cm³/mol. The molecule has 0 aromatic rings. The number of alkyl halides is 1. The Bertz CT molecular complexity index is 220. The van der Waals surface area contributed by atoms with E-state index < -0.39 is 5.67 Å². The average molecular weight is 169 g/mol. The van der Waals surface area contributed by atoms with Crippen molar-refractivity contribution < 1.29 is 4.39 Å². The van der Waals surface area contributed by atoms with Crippen molar-refractivity contribution >= 4 is 0 Å². The quantitative estimate of drug-likeness (QED) is 0.670. The smallest absolute Gasteiger partial charge is 0.130 e. The van der Waals surface area contributed by atoms with Gasteiger partial charge in [-0.2, -0.15) is 0 Å². The normalized spacial score (nSPS) is 18.0. The third-order valence-corrected chi connectivity index (χ3v) is 2.13. The van der Waals surface area contributed by atoms with E-state index in [9.17, 15) is 4.39 Å². The third-order valence-electron chi connectivity index (χ3n) is 2.13. The van der Waals surface area contributed by atoms with Gasteiger partial charge in [0.1, 0.15) is 5.67 Å². The number of allylic oxidation sites excluding steroid dienone is 2. The molecule has 0 atom stereocenters. The lowest BCUT2D eigenvalue weighted by molar-refractivity contribution is 0.270. The molecule has 0 aromatic carbocycles. The fraction of sp³-hybridized carbons (Fsp3) is 0.600. The number of rotatable bonds is 2. The Morgan fingerprint density at radius 2 is 2.25 bits per heavy atom. The van der Waals surface area contributed by atoms with Gasteiger partial charge in [0.15, 0.2) is 0 Å². The molecule has 2 heteroatoms. The Kier molecular flexibility index (Phi) is 2.55. The summed E-state index contributed by atoms with van der Waals surface area (Å²) in [5.74, 6) is 0. The highest BCUT2D eigenvalue weighted by Crippen LogP contribution is 2.27. The summed E-state index contributed by atoms with van der Waals surface area (Å²) >= 11 is 0. The summed E-state index contributed by atoms with van der Waals surface area (Å²) in [5.41, 5.74) is 0.804. The fourth-order valence-electron chi connectivity index (χ4n) is 1.47. The van der Waals surface area contributed by atoms with Gasteiger partial charge in [-0.1, -0.05) is 6.92 Å². The highest BCUT2D eigenvalue weighted by atomic mass is 19.1. The van der Waals surface area contributed by atoms with Crippen molar-refractivity contribution in [3.63, 3.8) is 0 Å². The summed E-state index contributed by atoms with van der Waals surface area (Å²) in [6.45, 7) is 6.05. The van der Waals surface area contributed by atoms with Gasteiger partial charge in [0.25, 0.3) is 0 Å². The van der Waals surface area contributed by atoms with Crippen molar-refractivity contribution in [2.24, 2.45) is 0 Å². The first-order valence-corrected chi connectivity index (χ1v) is 4.37. The minimum Gasteiger partial charge on any atom is -0.387 e. The van der Waals surface area contributed by atoms with Crippen LogP contribution in [0.15, 0.2) is 23.4 Å². The van der Waals surface area contributed by atoms with Crippen molar-refractivity contribution in [2.75, 3.05) is 6.54 Å². The minimum atomic E-state index is -1.20. The Balaban J connectivity index is 2.97. The first-order chi connectivity index (χ1) is 5.55. The molecule has 0 aliphatic carbocycles. The first-order valence-electron chi connectivity index (χ1n) is 4.37. The largest absolute Gasteiger partial charge is 0.387 e. The molecule has 1 aliphatic heterocycles. The number of nitrogens with one attached hydrogen (secondary N) is 1. The summed E-state index contributed by atoms with van der Waals surface area (Å²) in [6, 6.07) is 0. The molecule has 1 heterocycles. The molecule has 0 amide bonds. The summed E-state index contributed by atoms with van der Waals surface area (Å²) in [4.78, 5) is 0. The molecule has 0 aromatic heterocycles. The summed E-state index contributed by atoms with van der Waals surface area (Å²) in [7, 11) is 0. The monoisotopic (exact) mass is 169 g/mol. The fourth-order valence-corrected chi connectivity index (χ4v) is 1.47. The molecular weight excluding hydrogens is 153 g/mol. The van der Waals surface area contributed by atoms with Gasteiger partial charge >= 0.3 is 0 Å². The molecule has 1 aliphatic rings. The molecule has 1 N–H and O–H groups in total. The topological polar surface area (TPSA) is 12.0 Å². The lowest BCUT2D eigenvalue weighted by Gasteiger charge is -2.23. The highest BCUT2D eigenvalue weighted by Gasteiger charge is 2.23. The lowest BCUT2D eigenvalue weighted by Crippen LogP contribution is -2.24. The molecule has 1 nitrogen and oxygen atoms in total. The Morgan fingerprint density at radius 3 is 2.67 bits per heavy atom. The summed E-state index contributed by atoms with van der Waals surface area (Å²) in [6.07, 6.45) is 4.57. The third kappa shape index (κ3) is 1.87. The predicted octanol–water partition coefficient (Wildman–Crippen LogP) is 2.56. The van der Waals surface area contributed by atoms with Crippen molar-refractivity contribution in [3.05, 3.63) is 23.4 Å². The molecule has 68 valence electrons. The van der Waals surface area contributed by atoms with Crippen LogP contribution in [0.5, 0.6) is 0 Å². The van der Waals surface area contributed by atoms with E-state index >= 15 is 0 Å². The van der Waals surface area contributed by atoms with Gasteiger partial charge in [0.05, 0.1) is 0 Å². The Labute approximate surface area is 73.4 Å². The van der Waals surface area contributed by atoms with Gasteiger partial charge in [-0.3, -0.25) is 0 Å². The van der Waals surface area contributed by atoms with Gasteiger partial charge in [0.2, 0.25) is 0 Å². The molecule has 0 unspecified atom stereocenters. The number of hydrogen-bond donors (Lipinski definition) is 1. The maximum Gasteiger partial charge on any atom is 0.130 e. The second-order valence-electron chi connectivity index (χ2n) is 3.56. The van der Waals surface area contributed by atoms with E-state index in [1.165, 1.54) is 5.57 Å². The standard InChI is InChI=1S/C10H16FN/c1-4-8-7-12-6-5-9(8)10(2,3)11/h5-6,12H,4,7H2,1-3H3. The van der Waals surface area contributed by atoms with Gasteiger partial charge in [-0.05, 0) is 43.7 Å². The van der Waals surface area contributed by atoms with Crippen LogP contribution in [0.4, 0.5) is 4.39 Å². The van der Waals surface area contributed by atoms with Crippen molar-refractivity contribution in [3.8, 4) is 0 Å². The second kappa shape index (κ2) is 3.30. The second-order valence-corrected chi connectivity index (χ2v) is 3.56. The molecule has 0 fully saturated rings. The van der Waals surface area contributed by atoms with E-state index in [0.29, 0.717) is 0 Å². The van der Waals surface area contributed by atoms with E-state index in [2.05, 4.69) is 12.2 Å². The van der Waals surface area contributed by atoms with Crippen LogP contribution in [0.1, 0.15) is 27.2 Å². The molecule has 1 rings (SSSR count). The van der Waals surface area contributed by atoms with Crippen LogP contribution in [-0.2, 0) is 0 Å². The molecular formula is C10H16FN. The van der Waals surface area contributed by atoms with Crippen LogP contribution < -0.4 is 5.32 Å². The van der Waals surface area contributed by atoms with Crippen LogP contribution in [0.25, 0.3) is 0 Å². The number of hydrogen-bond acceptors (Lipinski definition) is 1. The highest BCUT2D eigenvalue weighted by molar-refractivity contribution is 5.36. The molecule has 0 spiro atoms. The molecule has 12 heavy (non-hydrogen) atoms. The van der Waals surface area contributed by atoms with Crippen LogP contribution in [0, 0.1) is 0 Å². The van der Waals surface area contributed by atoms with Crippen LogP contribution >= 0.6 is 0 Å². The van der Waals surface area contributed by atoms with Crippen LogP contribution in [0.2, 0.25) is 0 Å². The Morgan fingerprint density at radius 1 is 1.58 bits per heavy atom. The first kappa shape index (κ1) is 9.30. The number of dihydropyridines is 1. The van der Waals surface area contributed by atoms with Crippen molar-refractivity contribution in [2.45, 2.75) is 32.9 Å². The lowest BCUT2D eigenvalue weighted by atomic mass is 9.91. The van der Waals surface area contributed by atoms with Gasteiger partial charge < -0.3 is 5.32 Å². The molecule has 0 radical (unpaired) electrons. The van der Waals surface area contributed by atoms with E-state index in [1.807, 2.05) is 12.3 Å². The molecule has 0 saturated carbocycles. The van der Waals surface area contributed by atoms with Crippen LogP contribution in [-0.4, -0.2) is 12.2 Å². The van der Waals surface area contributed by atoms with E-state index in [0.717, 1.165) is 18.5 Å². The zero-order valence-corrected chi connectivity index (χ0v) is 7.95. The SMILES string of the molecule is CCC1=C(C(C)(C)F)C=CNC1. The maximum atomic E-state index is 13.6. The average Bonchev–Trinajstić information content (AvgIpc) is 2.03.